The predicted octanol–water partition coefficient (Wildman–Crippen LogP) is 2.45. The third-order valence-corrected chi connectivity index (χ3v) is 3.89. The number of hydrogen-bond donors (Lipinski definition) is 0. The molecule has 1 aliphatic rings. The molecule has 118 valence electrons. The highest BCUT2D eigenvalue weighted by Gasteiger charge is 2.22. The van der Waals surface area contributed by atoms with Crippen LogP contribution in [0.5, 0.6) is 0 Å². The highest BCUT2D eigenvalue weighted by Crippen LogP contribution is 2.28. The third-order valence-electron chi connectivity index (χ3n) is 3.89. The number of hydroxylamine groups is 2. The van der Waals surface area contributed by atoms with E-state index >= 15 is 0 Å². The van der Waals surface area contributed by atoms with Gasteiger partial charge >= 0.3 is 5.97 Å². The van der Waals surface area contributed by atoms with E-state index in [1.807, 2.05) is 12.1 Å². The van der Waals surface area contributed by atoms with E-state index in [9.17, 15) is 4.79 Å². The minimum atomic E-state index is -0.221. The second kappa shape index (κ2) is 7.16. The average molecular weight is 300 g/mol. The molecule has 0 N–H and O–H groups in total. The summed E-state index contributed by atoms with van der Waals surface area (Å²) in [6.07, 6.45) is 4.81. The Balaban J connectivity index is 1.65. The number of hydrogen-bond acceptors (Lipinski definition) is 3. The summed E-state index contributed by atoms with van der Waals surface area (Å²) in [6, 6.07) is 3.94. The van der Waals surface area contributed by atoms with Crippen LogP contribution in [0.1, 0.15) is 38.5 Å². The minimum Gasteiger partial charge on any atom is -0.343 e. The quantitative estimate of drug-likeness (QED) is 0.726. The second-order valence-electron chi connectivity index (χ2n) is 5.67. The molecule has 0 aromatic carbocycles. The van der Waals surface area contributed by atoms with Crippen LogP contribution in [0.3, 0.4) is 0 Å². The molecule has 4 nitrogen and oxygen atoms in total. The van der Waals surface area contributed by atoms with Crippen LogP contribution in [-0.2, 0) is 16.2 Å². The van der Waals surface area contributed by atoms with E-state index < -0.39 is 0 Å². The van der Waals surface area contributed by atoms with E-state index in [-0.39, 0.29) is 5.97 Å². The topological polar surface area (TPSA) is 34.5 Å². The first-order valence-electron chi connectivity index (χ1n) is 7.69. The van der Waals surface area contributed by atoms with Gasteiger partial charge in [0.25, 0.3) is 0 Å². The molecule has 1 aromatic heterocycles. The summed E-state index contributed by atoms with van der Waals surface area (Å²) in [5.41, 5.74) is 1.61. The van der Waals surface area contributed by atoms with Gasteiger partial charge in [-0.2, -0.15) is 5.06 Å². The van der Waals surface area contributed by atoms with Gasteiger partial charge in [0.15, 0.2) is 0 Å². The van der Waals surface area contributed by atoms with Crippen LogP contribution in [0, 0.1) is 0 Å². The lowest BCUT2D eigenvalue weighted by atomic mass is 10.2. The molecule has 4 heteroatoms. The van der Waals surface area contributed by atoms with Crippen molar-refractivity contribution in [3.63, 3.8) is 0 Å². The summed E-state index contributed by atoms with van der Waals surface area (Å²) in [6.45, 7) is 16.6. The zero-order chi connectivity index (χ0) is 16.1. The molecule has 0 aliphatic carbocycles. The highest BCUT2D eigenvalue weighted by atomic mass is 16.7. The largest absolute Gasteiger partial charge is 0.343 e. The first-order valence-corrected chi connectivity index (χ1v) is 7.69. The first kappa shape index (κ1) is 16.1. The van der Waals surface area contributed by atoms with Gasteiger partial charge < -0.3 is 9.40 Å². The zero-order valence-electron chi connectivity index (χ0n) is 13.1. The SMILES string of the molecule is C=C1CCC(=C)N1OC(=O)CCCCCn1c(=C)ccc1=C. The monoisotopic (exact) mass is 300 g/mol. The van der Waals surface area contributed by atoms with Crippen molar-refractivity contribution < 1.29 is 9.63 Å². The van der Waals surface area contributed by atoms with Gasteiger partial charge in [-0.15, -0.1) is 0 Å². The Kier molecular flexibility index (Phi) is 5.26. The van der Waals surface area contributed by atoms with Crippen molar-refractivity contribution in [2.45, 2.75) is 45.1 Å². The van der Waals surface area contributed by atoms with Gasteiger partial charge in [-0.1, -0.05) is 32.7 Å². The number of carbonyl (C=O) groups is 1. The highest BCUT2D eigenvalue weighted by molar-refractivity contribution is 5.69. The lowest BCUT2D eigenvalue weighted by Crippen LogP contribution is -2.24. The van der Waals surface area contributed by atoms with Crippen molar-refractivity contribution in [2.75, 3.05) is 0 Å². The lowest BCUT2D eigenvalue weighted by molar-refractivity contribution is -0.172. The smallest absolute Gasteiger partial charge is 0.332 e. The van der Waals surface area contributed by atoms with Crippen molar-refractivity contribution in [1.82, 2.24) is 9.63 Å². The standard InChI is InChI=1S/C18H24N2O2/c1-14-9-10-15(2)19(14)13-7-5-6-8-18(21)22-20-16(3)11-12-17(20)4/h9-10H,1-8,11-13H2. The number of rotatable bonds is 7. The maximum absolute atomic E-state index is 11.8. The maximum Gasteiger partial charge on any atom is 0.332 e. The molecule has 0 saturated carbocycles. The Labute approximate surface area is 131 Å². The van der Waals surface area contributed by atoms with Crippen LogP contribution in [0.4, 0.5) is 0 Å². The fourth-order valence-corrected chi connectivity index (χ4v) is 2.55. The van der Waals surface area contributed by atoms with Gasteiger partial charge in [-0.3, -0.25) is 0 Å². The van der Waals surface area contributed by atoms with Gasteiger partial charge in [-0.05, 0) is 37.8 Å². The molecular weight excluding hydrogens is 276 g/mol. The Morgan fingerprint density at radius 3 is 2.18 bits per heavy atom. The Bertz CT molecular complexity index is 628. The summed E-state index contributed by atoms with van der Waals surface area (Å²) in [5, 5.41) is 3.44. The van der Waals surface area contributed by atoms with E-state index in [1.165, 1.54) is 5.06 Å². The third kappa shape index (κ3) is 3.91. The fourth-order valence-electron chi connectivity index (χ4n) is 2.55. The van der Waals surface area contributed by atoms with Crippen molar-refractivity contribution in [3.05, 3.63) is 47.4 Å². The number of carbonyl (C=O) groups excluding carboxylic acids is 1. The van der Waals surface area contributed by atoms with Crippen molar-refractivity contribution >= 4 is 19.1 Å². The zero-order valence-corrected chi connectivity index (χ0v) is 13.1. The van der Waals surface area contributed by atoms with Gasteiger partial charge in [0.2, 0.25) is 0 Å². The Morgan fingerprint density at radius 1 is 1.00 bits per heavy atom. The van der Waals surface area contributed by atoms with Gasteiger partial charge in [0.05, 0.1) is 11.4 Å². The molecule has 0 bridgehead atoms. The van der Waals surface area contributed by atoms with Crippen molar-refractivity contribution in [1.29, 1.82) is 0 Å². The second-order valence-corrected chi connectivity index (χ2v) is 5.67. The molecule has 1 saturated heterocycles. The number of unbranched alkanes of at least 4 members (excludes halogenated alkanes) is 2. The number of allylic oxidation sites excluding steroid dienone is 2. The van der Waals surface area contributed by atoms with E-state index in [0.29, 0.717) is 6.42 Å². The Hall–Kier alpha value is -2.23. The lowest BCUT2D eigenvalue weighted by Gasteiger charge is -2.18. The molecule has 0 atom stereocenters. The molecule has 1 aliphatic heterocycles. The van der Waals surface area contributed by atoms with Gasteiger partial charge in [0.1, 0.15) is 0 Å². The molecule has 1 fully saturated rings. The summed E-state index contributed by atoms with van der Waals surface area (Å²) >= 11 is 0. The molecule has 0 radical (unpaired) electrons. The maximum atomic E-state index is 11.8. The van der Waals surface area contributed by atoms with E-state index in [0.717, 1.165) is 60.7 Å². The van der Waals surface area contributed by atoms with E-state index in [2.05, 4.69) is 30.9 Å². The molecule has 2 heterocycles. The molecule has 1 aromatic rings. The molecular formula is C18H24N2O2. The van der Waals surface area contributed by atoms with Crippen LogP contribution in [0.25, 0.3) is 13.2 Å². The summed E-state index contributed by atoms with van der Waals surface area (Å²) < 4.78 is 2.09. The Morgan fingerprint density at radius 2 is 1.59 bits per heavy atom. The van der Waals surface area contributed by atoms with Crippen LogP contribution in [0.15, 0.2) is 36.7 Å². The summed E-state index contributed by atoms with van der Waals surface area (Å²) in [4.78, 5) is 17.1. The number of nitrogens with zero attached hydrogens (tertiary/aromatic N) is 2. The van der Waals surface area contributed by atoms with Gasteiger partial charge in [0, 0.05) is 23.7 Å². The molecule has 2 rings (SSSR count). The normalized spacial score (nSPS) is 14.6. The van der Waals surface area contributed by atoms with Crippen LogP contribution in [-0.4, -0.2) is 15.6 Å². The predicted molar refractivity (Wildman–Crippen MR) is 88.6 cm³/mol. The molecule has 22 heavy (non-hydrogen) atoms. The van der Waals surface area contributed by atoms with Crippen LogP contribution >= 0.6 is 0 Å². The van der Waals surface area contributed by atoms with Crippen LogP contribution in [0.2, 0.25) is 0 Å². The van der Waals surface area contributed by atoms with Crippen molar-refractivity contribution in [3.8, 4) is 0 Å². The molecule has 0 unspecified atom stereocenters. The average Bonchev–Trinajstić information content (AvgIpc) is 2.96. The van der Waals surface area contributed by atoms with Gasteiger partial charge in [-0.25, -0.2) is 4.79 Å². The van der Waals surface area contributed by atoms with E-state index in [1.54, 1.807) is 0 Å². The first-order chi connectivity index (χ1) is 10.5. The molecule has 0 amide bonds. The van der Waals surface area contributed by atoms with Crippen LogP contribution < -0.4 is 10.7 Å². The summed E-state index contributed by atoms with van der Waals surface area (Å²) in [7, 11) is 0. The minimum absolute atomic E-state index is 0.221. The number of aromatic nitrogens is 1. The van der Waals surface area contributed by atoms with E-state index in [4.69, 9.17) is 4.84 Å². The van der Waals surface area contributed by atoms with Crippen molar-refractivity contribution in [2.24, 2.45) is 0 Å². The fraction of sp³-hybridized carbons (Fsp3) is 0.389. The summed E-state index contributed by atoms with van der Waals surface area (Å²) in [5.74, 6) is -0.221. The molecule has 0 spiro atoms.